The van der Waals surface area contributed by atoms with Crippen LogP contribution in [0.5, 0.6) is 0 Å². The predicted molar refractivity (Wildman–Crippen MR) is 74.6 cm³/mol. The van der Waals surface area contributed by atoms with E-state index >= 15 is 0 Å². The first-order valence-corrected chi connectivity index (χ1v) is 5.87. The van der Waals surface area contributed by atoms with Crippen molar-refractivity contribution in [1.29, 1.82) is 0 Å². The van der Waals surface area contributed by atoms with Gasteiger partial charge in [0.1, 0.15) is 6.04 Å². The number of para-hydroxylation sites is 2. The number of benzene rings is 1. The third-order valence-corrected chi connectivity index (χ3v) is 2.89. The molecule has 1 aromatic carbocycles. The van der Waals surface area contributed by atoms with Crippen LogP contribution in [0.2, 0.25) is 0 Å². The van der Waals surface area contributed by atoms with E-state index in [0.29, 0.717) is 5.69 Å². The Hall–Kier alpha value is -2.24. The van der Waals surface area contributed by atoms with Gasteiger partial charge in [0.15, 0.2) is 0 Å². The van der Waals surface area contributed by atoms with Crippen molar-refractivity contribution in [3.8, 4) is 0 Å². The number of carbonyl (C=O) groups excluding carboxylic acids is 1. The second-order valence-electron chi connectivity index (χ2n) is 4.47. The number of rotatable bonds is 4. The van der Waals surface area contributed by atoms with E-state index in [-0.39, 0.29) is 0 Å². The zero-order valence-electron chi connectivity index (χ0n) is 11.5. The van der Waals surface area contributed by atoms with Gasteiger partial charge in [-0.15, -0.1) is 0 Å². The van der Waals surface area contributed by atoms with Gasteiger partial charge in [-0.2, -0.15) is 0 Å². The topological polar surface area (TPSA) is 72.9 Å². The molecule has 0 aliphatic rings. The molecule has 1 atom stereocenters. The van der Waals surface area contributed by atoms with Gasteiger partial charge in [-0.05, 0) is 19.1 Å². The van der Waals surface area contributed by atoms with E-state index in [9.17, 15) is 9.59 Å². The third kappa shape index (κ3) is 3.61. The van der Waals surface area contributed by atoms with Gasteiger partial charge in [0.2, 0.25) is 0 Å². The van der Waals surface area contributed by atoms with Crippen molar-refractivity contribution in [2.75, 3.05) is 31.4 Å². The lowest BCUT2D eigenvalue weighted by Gasteiger charge is -2.24. The van der Waals surface area contributed by atoms with E-state index in [1.165, 1.54) is 14.0 Å². The molecule has 0 spiro atoms. The van der Waals surface area contributed by atoms with E-state index in [1.807, 2.05) is 37.2 Å². The Morgan fingerprint density at radius 3 is 2.32 bits per heavy atom. The van der Waals surface area contributed by atoms with Crippen molar-refractivity contribution in [2.45, 2.75) is 13.0 Å². The number of aliphatic carboxylic acids is 1. The van der Waals surface area contributed by atoms with Crippen LogP contribution in [0, 0.1) is 0 Å². The largest absolute Gasteiger partial charge is 0.480 e. The maximum atomic E-state index is 12.0. The molecule has 0 aliphatic carbocycles. The van der Waals surface area contributed by atoms with Gasteiger partial charge < -0.3 is 20.2 Å². The van der Waals surface area contributed by atoms with Crippen LogP contribution < -0.4 is 10.2 Å². The van der Waals surface area contributed by atoms with Gasteiger partial charge in [0.05, 0.1) is 11.4 Å². The van der Waals surface area contributed by atoms with Gasteiger partial charge in [0.25, 0.3) is 0 Å². The van der Waals surface area contributed by atoms with E-state index in [2.05, 4.69) is 5.32 Å². The SMILES string of the molecule is CC(C(=O)O)N(C)C(=O)Nc1ccccc1N(C)C. The van der Waals surface area contributed by atoms with Crippen molar-refractivity contribution in [1.82, 2.24) is 4.90 Å². The summed E-state index contributed by atoms with van der Waals surface area (Å²) in [6.45, 7) is 1.46. The first kappa shape index (κ1) is 14.8. The van der Waals surface area contributed by atoms with Crippen LogP contribution in [0.3, 0.4) is 0 Å². The minimum absolute atomic E-state index is 0.454. The number of nitrogens with one attached hydrogen (secondary N) is 1. The van der Waals surface area contributed by atoms with Gasteiger partial charge in [-0.25, -0.2) is 9.59 Å². The normalized spacial score (nSPS) is 11.6. The minimum Gasteiger partial charge on any atom is -0.480 e. The fourth-order valence-electron chi connectivity index (χ4n) is 1.51. The summed E-state index contributed by atoms with van der Waals surface area (Å²) in [5.74, 6) is -1.04. The molecule has 1 rings (SSSR count). The Kier molecular flexibility index (Phi) is 4.74. The number of anilines is 2. The number of likely N-dealkylation sites (N-methyl/N-ethyl adjacent to an activating group) is 1. The second kappa shape index (κ2) is 6.08. The summed E-state index contributed by atoms with van der Waals surface area (Å²) in [7, 11) is 5.19. The van der Waals surface area contributed by atoms with Crippen molar-refractivity contribution < 1.29 is 14.7 Å². The highest BCUT2D eigenvalue weighted by atomic mass is 16.4. The zero-order valence-corrected chi connectivity index (χ0v) is 11.5. The van der Waals surface area contributed by atoms with Gasteiger partial charge in [0, 0.05) is 21.1 Å². The van der Waals surface area contributed by atoms with Crippen LogP contribution in [0.15, 0.2) is 24.3 Å². The number of carboxylic acid groups (broad SMARTS) is 1. The molecule has 1 aromatic rings. The number of carboxylic acids is 1. The number of carbonyl (C=O) groups is 2. The van der Waals surface area contributed by atoms with Crippen molar-refractivity contribution in [3.05, 3.63) is 24.3 Å². The molecule has 19 heavy (non-hydrogen) atoms. The first-order valence-electron chi connectivity index (χ1n) is 5.87. The van der Waals surface area contributed by atoms with Gasteiger partial charge >= 0.3 is 12.0 Å². The Morgan fingerprint density at radius 2 is 1.79 bits per heavy atom. The van der Waals surface area contributed by atoms with Gasteiger partial charge in [-0.1, -0.05) is 12.1 Å². The van der Waals surface area contributed by atoms with Crippen molar-refractivity contribution in [2.24, 2.45) is 0 Å². The Bertz CT molecular complexity index is 474. The molecule has 0 heterocycles. The Morgan fingerprint density at radius 1 is 1.21 bits per heavy atom. The van der Waals surface area contributed by atoms with E-state index in [4.69, 9.17) is 5.11 Å². The highest BCUT2D eigenvalue weighted by Gasteiger charge is 2.22. The fourth-order valence-corrected chi connectivity index (χ4v) is 1.51. The smallest absolute Gasteiger partial charge is 0.326 e. The summed E-state index contributed by atoms with van der Waals surface area (Å²) >= 11 is 0. The van der Waals surface area contributed by atoms with E-state index in [0.717, 1.165) is 10.6 Å². The van der Waals surface area contributed by atoms with E-state index in [1.54, 1.807) is 6.07 Å². The predicted octanol–water partition coefficient (Wildman–Crippen LogP) is 1.69. The molecular weight excluding hydrogens is 246 g/mol. The first-order chi connectivity index (χ1) is 8.84. The Labute approximate surface area is 112 Å². The maximum Gasteiger partial charge on any atom is 0.326 e. The third-order valence-electron chi connectivity index (χ3n) is 2.89. The average molecular weight is 265 g/mol. The van der Waals surface area contributed by atoms with Crippen LogP contribution in [0.4, 0.5) is 16.2 Å². The highest BCUT2D eigenvalue weighted by Crippen LogP contribution is 2.23. The molecule has 0 radical (unpaired) electrons. The maximum absolute atomic E-state index is 12.0. The number of nitrogens with zero attached hydrogens (tertiary/aromatic N) is 2. The molecule has 0 aliphatic heterocycles. The molecule has 0 bridgehead atoms. The van der Waals surface area contributed by atoms with Crippen molar-refractivity contribution in [3.63, 3.8) is 0 Å². The average Bonchev–Trinajstić information content (AvgIpc) is 2.37. The number of hydrogen-bond acceptors (Lipinski definition) is 3. The number of amides is 2. The summed E-state index contributed by atoms with van der Waals surface area (Å²) in [6, 6.07) is 5.98. The lowest BCUT2D eigenvalue weighted by Crippen LogP contribution is -2.42. The van der Waals surface area contributed by atoms with Crippen LogP contribution in [-0.2, 0) is 4.79 Å². The summed E-state index contributed by atoms with van der Waals surface area (Å²) in [5, 5.41) is 11.6. The highest BCUT2D eigenvalue weighted by molar-refractivity contribution is 5.95. The molecule has 2 amide bonds. The minimum atomic E-state index is -1.04. The van der Waals surface area contributed by atoms with Gasteiger partial charge in [-0.3, -0.25) is 0 Å². The molecular formula is C13H19N3O3. The summed E-state index contributed by atoms with van der Waals surface area (Å²) in [6.07, 6.45) is 0. The molecule has 104 valence electrons. The van der Waals surface area contributed by atoms with Crippen LogP contribution in [0.1, 0.15) is 6.92 Å². The lowest BCUT2D eigenvalue weighted by molar-refractivity contribution is -0.141. The quantitative estimate of drug-likeness (QED) is 0.869. The molecule has 1 unspecified atom stereocenters. The van der Waals surface area contributed by atoms with Crippen LogP contribution in [-0.4, -0.2) is 49.2 Å². The van der Waals surface area contributed by atoms with Crippen LogP contribution >= 0.6 is 0 Å². The van der Waals surface area contributed by atoms with E-state index < -0.39 is 18.0 Å². The molecule has 0 saturated carbocycles. The van der Waals surface area contributed by atoms with Crippen molar-refractivity contribution >= 4 is 23.4 Å². The Balaban J connectivity index is 2.85. The monoisotopic (exact) mass is 265 g/mol. The van der Waals surface area contributed by atoms with Crippen LogP contribution in [0.25, 0.3) is 0 Å². The second-order valence-corrected chi connectivity index (χ2v) is 4.47. The summed E-state index contributed by atoms with van der Waals surface area (Å²) in [5.41, 5.74) is 1.49. The molecule has 6 heteroatoms. The molecule has 0 fully saturated rings. The molecule has 0 saturated heterocycles. The summed E-state index contributed by atoms with van der Waals surface area (Å²) < 4.78 is 0. The molecule has 0 aromatic heterocycles. The zero-order chi connectivity index (χ0) is 14.6. The number of hydrogen-bond donors (Lipinski definition) is 2. The number of urea groups is 1. The molecule has 2 N–H and O–H groups in total. The summed E-state index contributed by atoms with van der Waals surface area (Å²) in [4.78, 5) is 25.8. The standard InChI is InChI=1S/C13H19N3O3/c1-9(12(17)18)16(4)13(19)14-10-7-5-6-8-11(10)15(2)3/h5-9H,1-4H3,(H,14,19)(H,17,18). The lowest BCUT2D eigenvalue weighted by atomic mass is 10.2. The molecule has 6 nitrogen and oxygen atoms in total. The fraction of sp³-hybridized carbons (Fsp3) is 0.385.